The van der Waals surface area contributed by atoms with Crippen LogP contribution in [0.3, 0.4) is 0 Å². The predicted octanol–water partition coefficient (Wildman–Crippen LogP) is 3.62. The molecule has 2 heterocycles. The van der Waals surface area contributed by atoms with Crippen molar-refractivity contribution in [1.82, 2.24) is 0 Å². The van der Waals surface area contributed by atoms with Crippen molar-refractivity contribution in [2.24, 2.45) is 0 Å². The fourth-order valence-corrected chi connectivity index (χ4v) is 3.44. The van der Waals surface area contributed by atoms with Gasteiger partial charge >= 0.3 is 0 Å². The highest BCUT2D eigenvalue weighted by Crippen LogP contribution is 2.32. The quantitative estimate of drug-likeness (QED) is 0.923. The third kappa shape index (κ3) is 2.82. The lowest BCUT2D eigenvalue weighted by atomic mass is 10.0. The van der Waals surface area contributed by atoms with Crippen molar-refractivity contribution >= 4 is 17.0 Å². The highest BCUT2D eigenvalue weighted by Gasteiger charge is 2.20. The molecule has 1 unspecified atom stereocenters. The van der Waals surface area contributed by atoms with Gasteiger partial charge in [0.05, 0.1) is 6.10 Å². The van der Waals surface area contributed by atoms with Crippen LogP contribution >= 0.6 is 11.3 Å². The second kappa shape index (κ2) is 5.76. The zero-order chi connectivity index (χ0) is 13.1. The number of benzene rings is 1. The molecule has 2 nitrogen and oxygen atoms in total. The standard InChI is InChI=1S/C16H19NOS/c18-16-8-3-10-17(11-9-13-5-4-12-19-13)15-7-2-1-6-14(15)16/h1-2,4-7,12,16,18H,3,8-11H2. The number of para-hydroxylation sites is 1. The lowest BCUT2D eigenvalue weighted by Gasteiger charge is -2.25. The van der Waals surface area contributed by atoms with Crippen LogP contribution in [0, 0.1) is 0 Å². The summed E-state index contributed by atoms with van der Waals surface area (Å²) in [5, 5.41) is 12.3. The minimum atomic E-state index is -0.303. The van der Waals surface area contributed by atoms with E-state index in [2.05, 4.69) is 40.6 Å². The van der Waals surface area contributed by atoms with Crippen LogP contribution in [0.4, 0.5) is 5.69 Å². The average Bonchev–Trinajstić information content (AvgIpc) is 2.90. The summed E-state index contributed by atoms with van der Waals surface area (Å²) >= 11 is 1.82. The van der Waals surface area contributed by atoms with E-state index in [0.717, 1.165) is 37.9 Å². The molecule has 0 radical (unpaired) electrons. The molecule has 0 bridgehead atoms. The number of thiophene rings is 1. The van der Waals surface area contributed by atoms with E-state index in [-0.39, 0.29) is 6.10 Å². The Hall–Kier alpha value is -1.32. The number of hydrogen-bond acceptors (Lipinski definition) is 3. The Kier molecular flexibility index (Phi) is 3.85. The third-order valence-electron chi connectivity index (χ3n) is 3.75. The number of aliphatic hydroxyl groups is 1. The van der Waals surface area contributed by atoms with Gasteiger partial charge in [-0.1, -0.05) is 24.3 Å². The van der Waals surface area contributed by atoms with E-state index < -0.39 is 0 Å². The van der Waals surface area contributed by atoms with E-state index >= 15 is 0 Å². The molecule has 1 aliphatic heterocycles. The Morgan fingerprint density at radius 3 is 2.95 bits per heavy atom. The molecular weight excluding hydrogens is 254 g/mol. The number of rotatable bonds is 3. The van der Waals surface area contributed by atoms with Crippen LogP contribution in [0.2, 0.25) is 0 Å². The van der Waals surface area contributed by atoms with Gasteiger partial charge < -0.3 is 10.0 Å². The Morgan fingerprint density at radius 1 is 1.21 bits per heavy atom. The molecule has 1 aliphatic rings. The first-order valence-electron chi connectivity index (χ1n) is 6.89. The molecule has 0 spiro atoms. The molecule has 1 N–H and O–H groups in total. The maximum absolute atomic E-state index is 10.2. The minimum absolute atomic E-state index is 0.303. The van der Waals surface area contributed by atoms with Crippen molar-refractivity contribution in [2.75, 3.05) is 18.0 Å². The van der Waals surface area contributed by atoms with Crippen molar-refractivity contribution in [2.45, 2.75) is 25.4 Å². The Morgan fingerprint density at radius 2 is 2.11 bits per heavy atom. The molecule has 1 atom stereocenters. The van der Waals surface area contributed by atoms with Gasteiger partial charge in [0, 0.05) is 29.2 Å². The van der Waals surface area contributed by atoms with Crippen LogP contribution in [0.25, 0.3) is 0 Å². The summed E-state index contributed by atoms with van der Waals surface area (Å²) in [4.78, 5) is 3.85. The van der Waals surface area contributed by atoms with Crippen molar-refractivity contribution < 1.29 is 5.11 Å². The van der Waals surface area contributed by atoms with E-state index in [1.54, 1.807) is 0 Å². The number of aliphatic hydroxyl groups excluding tert-OH is 1. The fraction of sp³-hybridized carbons (Fsp3) is 0.375. The molecule has 100 valence electrons. The maximum atomic E-state index is 10.2. The highest BCUT2D eigenvalue weighted by molar-refractivity contribution is 7.09. The monoisotopic (exact) mass is 273 g/mol. The first-order valence-corrected chi connectivity index (χ1v) is 7.77. The summed E-state index contributed by atoms with van der Waals surface area (Å²) in [5.41, 5.74) is 2.30. The van der Waals surface area contributed by atoms with Gasteiger partial charge in [0.15, 0.2) is 0 Å². The predicted molar refractivity (Wildman–Crippen MR) is 80.9 cm³/mol. The topological polar surface area (TPSA) is 23.5 Å². The summed E-state index contributed by atoms with van der Waals surface area (Å²) in [6.45, 7) is 2.07. The highest BCUT2D eigenvalue weighted by atomic mass is 32.1. The van der Waals surface area contributed by atoms with Gasteiger partial charge in [-0.15, -0.1) is 11.3 Å². The summed E-state index contributed by atoms with van der Waals surface area (Å²) in [6, 6.07) is 12.6. The molecule has 0 aliphatic carbocycles. The average molecular weight is 273 g/mol. The number of hydrogen-bond donors (Lipinski definition) is 1. The molecule has 0 amide bonds. The Labute approximate surface area is 118 Å². The van der Waals surface area contributed by atoms with E-state index in [9.17, 15) is 5.11 Å². The van der Waals surface area contributed by atoms with Gasteiger partial charge in [-0.25, -0.2) is 0 Å². The van der Waals surface area contributed by atoms with E-state index in [4.69, 9.17) is 0 Å². The van der Waals surface area contributed by atoms with Crippen LogP contribution < -0.4 is 4.90 Å². The van der Waals surface area contributed by atoms with Crippen molar-refractivity contribution in [3.8, 4) is 0 Å². The van der Waals surface area contributed by atoms with Crippen LogP contribution in [0.15, 0.2) is 41.8 Å². The molecule has 0 fully saturated rings. The summed E-state index contributed by atoms with van der Waals surface area (Å²) in [6.07, 6.45) is 2.71. The van der Waals surface area contributed by atoms with E-state index in [1.807, 2.05) is 17.4 Å². The lowest BCUT2D eigenvalue weighted by Crippen LogP contribution is -2.26. The number of anilines is 1. The molecule has 3 heteroatoms. The van der Waals surface area contributed by atoms with Gasteiger partial charge in [0.2, 0.25) is 0 Å². The summed E-state index contributed by atoms with van der Waals surface area (Å²) < 4.78 is 0. The largest absolute Gasteiger partial charge is 0.388 e. The van der Waals surface area contributed by atoms with E-state index in [1.165, 1.54) is 10.6 Å². The van der Waals surface area contributed by atoms with Gasteiger partial charge in [-0.05, 0) is 36.8 Å². The van der Waals surface area contributed by atoms with Crippen molar-refractivity contribution in [3.05, 3.63) is 52.2 Å². The second-order valence-corrected chi connectivity index (χ2v) is 6.07. The minimum Gasteiger partial charge on any atom is -0.388 e. The lowest BCUT2D eigenvalue weighted by molar-refractivity contribution is 0.168. The number of fused-ring (bicyclic) bond motifs is 1. The first kappa shape index (κ1) is 12.7. The van der Waals surface area contributed by atoms with Crippen LogP contribution in [-0.2, 0) is 6.42 Å². The smallest absolute Gasteiger partial charge is 0.0810 e. The zero-order valence-corrected chi connectivity index (χ0v) is 11.8. The molecule has 2 aromatic rings. The van der Waals surface area contributed by atoms with Gasteiger partial charge in [0.1, 0.15) is 0 Å². The van der Waals surface area contributed by atoms with Crippen molar-refractivity contribution in [1.29, 1.82) is 0 Å². The molecule has 1 aromatic carbocycles. The summed E-state index contributed by atoms with van der Waals surface area (Å²) in [5.74, 6) is 0. The SMILES string of the molecule is OC1CCCN(CCc2cccs2)c2ccccc21. The van der Waals surface area contributed by atoms with Gasteiger partial charge in [-0.2, -0.15) is 0 Å². The zero-order valence-electron chi connectivity index (χ0n) is 11.0. The molecule has 0 saturated heterocycles. The molecule has 1 aromatic heterocycles. The fourth-order valence-electron chi connectivity index (χ4n) is 2.74. The molecule has 0 saturated carbocycles. The second-order valence-electron chi connectivity index (χ2n) is 5.03. The van der Waals surface area contributed by atoms with Gasteiger partial charge in [0.25, 0.3) is 0 Å². The molecular formula is C16H19NOS. The first-order chi connectivity index (χ1) is 9.34. The third-order valence-corrected chi connectivity index (χ3v) is 4.69. The number of nitrogens with zero attached hydrogens (tertiary/aromatic N) is 1. The van der Waals surface area contributed by atoms with Gasteiger partial charge in [-0.3, -0.25) is 0 Å². The maximum Gasteiger partial charge on any atom is 0.0810 e. The Balaban J connectivity index is 1.79. The Bertz CT molecular complexity index is 523. The normalized spacial score (nSPS) is 19.0. The van der Waals surface area contributed by atoms with Crippen LogP contribution in [0.5, 0.6) is 0 Å². The van der Waals surface area contributed by atoms with Crippen LogP contribution in [-0.4, -0.2) is 18.2 Å². The van der Waals surface area contributed by atoms with E-state index in [0.29, 0.717) is 0 Å². The summed E-state index contributed by atoms with van der Waals surface area (Å²) in [7, 11) is 0. The molecule has 19 heavy (non-hydrogen) atoms. The van der Waals surface area contributed by atoms with Crippen LogP contribution in [0.1, 0.15) is 29.4 Å². The molecule has 3 rings (SSSR count). The van der Waals surface area contributed by atoms with Crippen molar-refractivity contribution in [3.63, 3.8) is 0 Å².